The molecule has 1 saturated carbocycles. The lowest BCUT2D eigenvalue weighted by Crippen LogP contribution is -2.37. The molecule has 2 atom stereocenters. The highest BCUT2D eigenvalue weighted by Crippen LogP contribution is 2.27. The maximum atomic E-state index is 3.69. The zero-order chi connectivity index (χ0) is 10.4. The van der Waals surface area contributed by atoms with Crippen LogP contribution in [0.1, 0.15) is 46.0 Å². The maximum Gasteiger partial charge on any atom is 0.00793 e. The molecule has 1 fully saturated rings. The van der Waals surface area contributed by atoms with E-state index in [1.165, 1.54) is 38.6 Å². The first-order valence-corrected chi connectivity index (χ1v) is 6.20. The Hall–Kier alpha value is -0.0800. The number of hydrogen-bond donors (Lipinski definition) is 2. The van der Waals surface area contributed by atoms with Gasteiger partial charge < -0.3 is 10.6 Å². The van der Waals surface area contributed by atoms with Gasteiger partial charge in [0.1, 0.15) is 0 Å². The van der Waals surface area contributed by atoms with E-state index in [4.69, 9.17) is 0 Å². The summed E-state index contributed by atoms with van der Waals surface area (Å²) in [5.41, 5.74) is 0. The topological polar surface area (TPSA) is 24.1 Å². The largest absolute Gasteiger partial charge is 0.317 e. The first kappa shape index (κ1) is 12.0. The third kappa shape index (κ3) is 4.43. The minimum atomic E-state index is 0.687. The van der Waals surface area contributed by atoms with Gasteiger partial charge in [-0.3, -0.25) is 0 Å². The standard InChI is InChI=1S/C12H26N2/c1-4-11(13-3)8-12(5-2)14-9-10-6-7-10/h10-14H,4-9H2,1-3H3. The molecule has 1 aliphatic rings. The van der Waals surface area contributed by atoms with E-state index < -0.39 is 0 Å². The van der Waals surface area contributed by atoms with Gasteiger partial charge in [-0.2, -0.15) is 0 Å². The SMILES string of the molecule is CCC(CC(CC)NCC1CC1)NC. The molecule has 1 rings (SSSR count). The van der Waals surface area contributed by atoms with Crippen LogP contribution in [-0.2, 0) is 0 Å². The summed E-state index contributed by atoms with van der Waals surface area (Å²) in [4.78, 5) is 0. The summed E-state index contributed by atoms with van der Waals surface area (Å²) in [6.07, 6.45) is 6.67. The zero-order valence-corrected chi connectivity index (χ0v) is 9.97. The Balaban J connectivity index is 2.14. The van der Waals surface area contributed by atoms with Crippen molar-refractivity contribution in [2.45, 2.75) is 58.0 Å². The molecule has 2 nitrogen and oxygen atoms in total. The number of rotatable bonds is 8. The quantitative estimate of drug-likeness (QED) is 0.624. The first-order chi connectivity index (χ1) is 6.80. The third-order valence-corrected chi connectivity index (χ3v) is 3.36. The fourth-order valence-electron chi connectivity index (χ4n) is 1.88. The first-order valence-electron chi connectivity index (χ1n) is 6.20. The van der Waals surface area contributed by atoms with E-state index in [0.29, 0.717) is 12.1 Å². The fraction of sp³-hybridized carbons (Fsp3) is 1.00. The molecule has 0 spiro atoms. The Morgan fingerprint density at radius 2 is 1.79 bits per heavy atom. The average molecular weight is 198 g/mol. The van der Waals surface area contributed by atoms with Crippen molar-refractivity contribution < 1.29 is 0 Å². The van der Waals surface area contributed by atoms with Crippen molar-refractivity contribution in [1.29, 1.82) is 0 Å². The van der Waals surface area contributed by atoms with Gasteiger partial charge in [-0.05, 0) is 51.6 Å². The fourth-order valence-corrected chi connectivity index (χ4v) is 1.88. The van der Waals surface area contributed by atoms with Crippen molar-refractivity contribution in [3.05, 3.63) is 0 Å². The minimum Gasteiger partial charge on any atom is -0.317 e. The van der Waals surface area contributed by atoms with Crippen LogP contribution in [0.2, 0.25) is 0 Å². The summed E-state index contributed by atoms with van der Waals surface area (Å²) >= 11 is 0. The second kappa shape index (κ2) is 6.41. The van der Waals surface area contributed by atoms with Crippen LogP contribution in [0.3, 0.4) is 0 Å². The minimum absolute atomic E-state index is 0.687. The van der Waals surface area contributed by atoms with E-state index in [0.717, 1.165) is 5.92 Å². The van der Waals surface area contributed by atoms with Crippen LogP contribution in [0.4, 0.5) is 0 Å². The highest BCUT2D eigenvalue weighted by atomic mass is 14.9. The molecule has 0 amide bonds. The number of nitrogens with one attached hydrogen (secondary N) is 2. The molecule has 0 aromatic rings. The Labute approximate surface area is 88.8 Å². The Morgan fingerprint density at radius 1 is 1.14 bits per heavy atom. The molecule has 0 saturated heterocycles. The van der Waals surface area contributed by atoms with Gasteiger partial charge in [0.15, 0.2) is 0 Å². The molecule has 2 heteroatoms. The molecule has 0 aromatic heterocycles. The molecule has 1 aliphatic carbocycles. The lowest BCUT2D eigenvalue weighted by Gasteiger charge is -2.22. The Bertz CT molecular complexity index is 139. The summed E-state index contributed by atoms with van der Waals surface area (Å²) in [6, 6.07) is 1.40. The third-order valence-electron chi connectivity index (χ3n) is 3.36. The smallest absolute Gasteiger partial charge is 0.00793 e. The van der Waals surface area contributed by atoms with Crippen molar-refractivity contribution in [2.24, 2.45) is 5.92 Å². The van der Waals surface area contributed by atoms with Gasteiger partial charge in [-0.25, -0.2) is 0 Å². The van der Waals surface area contributed by atoms with Crippen molar-refractivity contribution in [3.8, 4) is 0 Å². The predicted molar refractivity (Wildman–Crippen MR) is 62.6 cm³/mol. The summed E-state index contributed by atoms with van der Waals surface area (Å²) in [7, 11) is 2.07. The van der Waals surface area contributed by atoms with Gasteiger partial charge in [0.2, 0.25) is 0 Å². The maximum absolute atomic E-state index is 3.69. The van der Waals surface area contributed by atoms with E-state index in [-0.39, 0.29) is 0 Å². The van der Waals surface area contributed by atoms with Crippen LogP contribution in [-0.4, -0.2) is 25.7 Å². The average Bonchev–Trinajstić information content (AvgIpc) is 3.02. The second-order valence-corrected chi connectivity index (χ2v) is 4.59. The molecule has 14 heavy (non-hydrogen) atoms. The predicted octanol–water partition coefficient (Wildman–Crippen LogP) is 2.15. The lowest BCUT2D eigenvalue weighted by molar-refractivity contribution is 0.387. The number of hydrogen-bond acceptors (Lipinski definition) is 2. The molecule has 84 valence electrons. The molecular weight excluding hydrogens is 172 g/mol. The molecule has 0 radical (unpaired) electrons. The highest BCUT2D eigenvalue weighted by Gasteiger charge is 2.22. The summed E-state index contributed by atoms with van der Waals surface area (Å²) in [5.74, 6) is 0.999. The molecule has 2 N–H and O–H groups in total. The molecule has 2 unspecified atom stereocenters. The Morgan fingerprint density at radius 3 is 2.21 bits per heavy atom. The zero-order valence-electron chi connectivity index (χ0n) is 9.97. The van der Waals surface area contributed by atoms with E-state index in [1.807, 2.05) is 0 Å². The van der Waals surface area contributed by atoms with Crippen LogP contribution in [0.5, 0.6) is 0 Å². The van der Waals surface area contributed by atoms with Crippen LogP contribution in [0, 0.1) is 5.92 Å². The van der Waals surface area contributed by atoms with Gasteiger partial charge in [0.05, 0.1) is 0 Å². The highest BCUT2D eigenvalue weighted by molar-refractivity contribution is 4.79. The molecular formula is C12H26N2. The van der Waals surface area contributed by atoms with Crippen molar-refractivity contribution in [3.63, 3.8) is 0 Å². The van der Waals surface area contributed by atoms with Crippen molar-refractivity contribution in [1.82, 2.24) is 10.6 Å². The van der Waals surface area contributed by atoms with E-state index in [9.17, 15) is 0 Å². The summed E-state index contributed by atoms with van der Waals surface area (Å²) in [5, 5.41) is 7.07. The van der Waals surface area contributed by atoms with Crippen molar-refractivity contribution >= 4 is 0 Å². The normalized spacial score (nSPS) is 20.8. The van der Waals surface area contributed by atoms with E-state index >= 15 is 0 Å². The van der Waals surface area contributed by atoms with Crippen molar-refractivity contribution in [2.75, 3.05) is 13.6 Å². The summed E-state index contributed by atoms with van der Waals surface area (Å²) < 4.78 is 0. The van der Waals surface area contributed by atoms with Crippen LogP contribution >= 0.6 is 0 Å². The van der Waals surface area contributed by atoms with Crippen LogP contribution in [0.15, 0.2) is 0 Å². The van der Waals surface area contributed by atoms with Gasteiger partial charge in [-0.15, -0.1) is 0 Å². The second-order valence-electron chi connectivity index (χ2n) is 4.59. The molecule has 0 aromatic carbocycles. The molecule has 0 bridgehead atoms. The van der Waals surface area contributed by atoms with Gasteiger partial charge in [-0.1, -0.05) is 13.8 Å². The monoisotopic (exact) mass is 198 g/mol. The van der Waals surface area contributed by atoms with Gasteiger partial charge >= 0.3 is 0 Å². The van der Waals surface area contributed by atoms with E-state index in [2.05, 4.69) is 31.5 Å². The Kier molecular flexibility index (Phi) is 5.49. The molecule has 0 heterocycles. The van der Waals surface area contributed by atoms with Crippen LogP contribution in [0.25, 0.3) is 0 Å². The molecule has 0 aliphatic heterocycles. The van der Waals surface area contributed by atoms with Gasteiger partial charge in [0.25, 0.3) is 0 Å². The lowest BCUT2D eigenvalue weighted by atomic mass is 10.0. The van der Waals surface area contributed by atoms with E-state index in [1.54, 1.807) is 0 Å². The van der Waals surface area contributed by atoms with Crippen LogP contribution < -0.4 is 10.6 Å². The summed E-state index contributed by atoms with van der Waals surface area (Å²) in [6.45, 7) is 5.79. The van der Waals surface area contributed by atoms with Gasteiger partial charge in [0, 0.05) is 12.1 Å².